The Kier molecular flexibility index (Phi) is 6.52. The Hall–Kier alpha value is -2.08. The van der Waals surface area contributed by atoms with Crippen molar-refractivity contribution in [2.45, 2.75) is 14.7 Å². The highest BCUT2D eigenvalue weighted by atomic mass is 32.2. The minimum atomic E-state index is -4.01. The van der Waals surface area contributed by atoms with Crippen LogP contribution in [0.4, 0.5) is 10.5 Å². The summed E-state index contributed by atoms with van der Waals surface area (Å²) < 4.78 is 53.5. The van der Waals surface area contributed by atoms with Crippen molar-refractivity contribution < 1.29 is 21.6 Å². The zero-order valence-electron chi connectivity index (χ0n) is 14.8. The van der Waals surface area contributed by atoms with Gasteiger partial charge in [-0.1, -0.05) is 12.1 Å². The molecule has 0 saturated carbocycles. The van der Waals surface area contributed by atoms with E-state index >= 15 is 0 Å². The van der Waals surface area contributed by atoms with E-state index in [1.807, 2.05) is 0 Å². The van der Waals surface area contributed by atoms with Crippen LogP contribution in [0, 0.1) is 0 Å². The molecule has 0 aliphatic rings. The predicted octanol–water partition coefficient (Wildman–Crippen LogP) is 2.17. The molecule has 0 radical (unpaired) electrons. The molecule has 0 spiro atoms. The van der Waals surface area contributed by atoms with Gasteiger partial charge in [0.1, 0.15) is 0 Å². The maximum Gasteiger partial charge on any atom is 0.285 e. The van der Waals surface area contributed by atoms with Gasteiger partial charge in [-0.15, -0.1) is 0 Å². The molecular formula is C16H19N3O5S3. The normalized spacial score (nSPS) is 11.8. The van der Waals surface area contributed by atoms with Crippen molar-refractivity contribution in [2.24, 2.45) is 0 Å². The summed E-state index contributed by atoms with van der Waals surface area (Å²) in [6, 6.07) is 11.4. The van der Waals surface area contributed by atoms with E-state index in [2.05, 4.69) is 9.44 Å². The van der Waals surface area contributed by atoms with Gasteiger partial charge >= 0.3 is 0 Å². The third-order valence-corrected chi connectivity index (χ3v) is 7.17. The van der Waals surface area contributed by atoms with Gasteiger partial charge in [0, 0.05) is 24.7 Å². The second kappa shape index (κ2) is 8.30. The smallest absolute Gasteiger partial charge is 0.285 e. The minimum absolute atomic E-state index is 0.159. The molecular weight excluding hydrogens is 410 g/mol. The molecule has 0 saturated heterocycles. The van der Waals surface area contributed by atoms with Gasteiger partial charge in [-0.3, -0.25) is 9.52 Å². The van der Waals surface area contributed by atoms with Gasteiger partial charge in [-0.2, -0.15) is 0 Å². The maximum absolute atomic E-state index is 12.6. The Morgan fingerprint density at radius 3 is 2.11 bits per heavy atom. The second-order valence-corrected chi connectivity index (χ2v) is 10.2. The van der Waals surface area contributed by atoms with E-state index in [9.17, 15) is 21.6 Å². The Morgan fingerprint density at radius 2 is 1.52 bits per heavy atom. The number of anilines is 1. The van der Waals surface area contributed by atoms with Crippen LogP contribution in [-0.4, -0.2) is 48.1 Å². The monoisotopic (exact) mass is 429 g/mol. The molecule has 0 aromatic heterocycles. The molecule has 2 aromatic carbocycles. The highest BCUT2D eigenvalue weighted by Crippen LogP contribution is 2.25. The van der Waals surface area contributed by atoms with Crippen LogP contribution >= 0.6 is 11.8 Å². The molecule has 0 fully saturated rings. The van der Waals surface area contributed by atoms with Crippen LogP contribution in [-0.2, 0) is 20.0 Å². The summed E-state index contributed by atoms with van der Waals surface area (Å²) >= 11 is 0.961. The van der Waals surface area contributed by atoms with Gasteiger partial charge in [0.25, 0.3) is 15.3 Å². The molecule has 146 valence electrons. The summed E-state index contributed by atoms with van der Waals surface area (Å²) in [5.41, 5.74) is 0.258. The van der Waals surface area contributed by atoms with Gasteiger partial charge in [-0.05, 0) is 55.2 Å². The molecule has 27 heavy (non-hydrogen) atoms. The Bertz CT molecular complexity index is 1050. The van der Waals surface area contributed by atoms with E-state index in [-0.39, 0.29) is 20.7 Å². The second-order valence-electron chi connectivity index (χ2n) is 5.58. The predicted molar refractivity (Wildman–Crippen MR) is 105 cm³/mol. The highest BCUT2D eigenvalue weighted by Gasteiger charge is 2.19. The van der Waals surface area contributed by atoms with Crippen molar-refractivity contribution >= 4 is 42.7 Å². The Labute approximate surface area is 163 Å². The van der Waals surface area contributed by atoms with Crippen LogP contribution < -0.4 is 9.44 Å². The minimum Gasteiger partial charge on any atom is -0.339 e. The van der Waals surface area contributed by atoms with Gasteiger partial charge < -0.3 is 4.90 Å². The average molecular weight is 430 g/mol. The lowest BCUT2D eigenvalue weighted by atomic mass is 10.3. The number of sulfonamides is 2. The van der Waals surface area contributed by atoms with Crippen molar-refractivity contribution in [3.8, 4) is 0 Å². The lowest BCUT2D eigenvalue weighted by Gasteiger charge is -2.12. The van der Waals surface area contributed by atoms with Crippen molar-refractivity contribution in [1.82, 2.24) is 9.62 Å². The number of hydrogen-bond donors (Lipinski definition) is 2. The fourth-order valence-electron chi connectivity index (χ4n) is 1.96. The number of carbonyl (C=O) groups excluding carboxylic acids is 1. The zero-order valence-corrected chi connectivity index (χ0v) is 17.3. The first-order chi connectivity index (χ1) is 12.5. The largest absolute Gasteiger partial charge is 0.339 e. The Morgan fingerprint density at radius 1 is 0.926 bits per heavy atom. The van der Waals surface area contributed by atoms with Crippen LogP contribution in [0.5, 0.6) is 0 Å². The van der Waals surface area contributed by atoms with E-state index in [4.69, 9.17) is 0 Å². The standard InChI is InChI=1S/C16H19N3O5S3/c1-17-26(21,22)14-8-5-9-15(11-14)27(23,24)18-12-6-4-7-13(10-12)25-16(20)19(2)3/h4-11,17-18H,1-3H3. The molecule has 1 amide bonds. The number of rotatable bonds is 6. The van der Waals surface area contributed by atoms with Crippen molar-refractivity contribution in [1.29, 1.82) is 0 Å². The van der Waals surface area contributed by atoms with E-state index in [0.29, 0.717) is 4.90 Å². The maximum atomic E-state index is 12.6. The summed E-state index contributed by atoms with van der Waals surface area (Å²) in [5.74, 6) is 0. The quantitative estimate of drug-likeness (QED) is 0.681. The molecule has 2 aromatic rings. The van der Waals surface area contributed by atoms with Crippen LogP contribution in [0.15, 0.2) is 63.2 Å². The van der Waals surface area contributed by atoms with E-state index in [0.717, 1.165) is 17.8 Å². The number of benzene rings is 2. The molecule has 0 atom stereocenters. The molecule has 2 rings (SSSR count). The van der Waals surface area contributed by atoms with Crippen molar-refractivity contribution in [3.63, 3.8) is 0 Å². The summed E-state index contributed by atoms with van der Waals surface area (Å²) in [7, 11) is -3.30. The molecule has 0 aliphatic heterocycles. The van der Waals surface area contributed by atoms with Gasteiger partial charge in [0.15, 0.2) is 0 Å². The molecule has 11 heteroatoms. The van der Waals surface area contributed by atoms with E-state index in [1.165, 1.54) is 42.3 Å². The first-order valence-corrected chi connectivity index (χ1v) is 11.4. The van der Waals surface area contributed by atoms with Gasteiger partial charge in [-0.25, -0.2) is 21.6 Å². The average Bonchev–Trinajstić information content (AvgIpc) is 2.61. The summed E-state index contributed by atoms with van der Waals surface area (Å²) in [6.45, 7) is 0. The molecule has 2 N–H and O–H groups in total. The topological polar surface area (TPSA) is 113 Å². The number of carbonyl (C=O) groups is 1. The molecule has 0 bridgehead atoms. The SMILES string of the molecule is CNS(=O)(=O)c1cccc(S(=O)(=O)Nc2cccc(SC(=O)N(C)C)c2)c1. The molecule has 0 aliphatic carbocycles. The third-order valence-electron chi connectivity index (χ3n) is 3.35. The third kappa shape index (κ3) is 5.45. The van der Waals surface area contributed by atoms with Crippen LogP contribution in [0.2, 0.25) is 0 Å². The molecule has 0 heterocycles. The lowest BCUT2D eigenvalue weighted by molar-refractivity contribution is 0.241. The van der Waals surface area contributed by atoms with Crippen LogP contribution in [0.1, 0.15) is 0 Å². The lowest BCUT2D eigenvalue weighted by Crippen LogP contribution is -2.19. The Balaban J connectivity index is 2.29. The van der Waals surface area contributed by atoms with Crippen LogP contribution in [0.25, 0.3) is 0 Å². The number of hydrogen-bond acceptors (Lipinski definition) is 6. The first-order valence-electron chi connectivity index (χ1n) is 7.61. The number of amides is 1. The van der Waals surface area contributed by atoms with Gasteiger partial charge in [0.2, 0.25) is 10.0 Å². The fourth-order valence-corrected chi connectivity index (χ4v) is 4.62. The molecule has 8 nitrogen and oxygen atoms in total. The van der Waals surface area contributed by atoms with Crippen molar-refractivity contribution in [2.75, 3.05) is 25.9 Å². The number of nitrogens with zero attached hydrogens (tertiary/aromatic N) is 1. The number of nitrogens with one attached hydrogen (secondary N) is 2. The van der Waals surface area contributed by atoms with E-state index < -0.39 is 20.0 Å². The fraction of sp³-hybridized carbons (Fsp3) is 0.188. The van der Waals surface area contributed by atoms with E-state index in [1.54, 1.807) is 26.2 Å². The summed E-state index contributed by atoms with van der Waals surface area (Å²) in [5, 5.41) is -0.194. The summed E-state index contributed by atoms with van der Waals surface area (Å²) in [4.78, 5) is 13.4. The zero-order chi connectivity index (χ0) is 20.2. The number of thioether (sulfide) groups is 1. The first kappa shape index (κ1) is 21.2. The van der Waals surface area contributed by atoms with Crippen molar-refractivity contribution in [3.05, 3.63) is 48.5 Å². The van der Waals surface area contributed by atoms with Gasteiger partial charge in [0.05, 0.1) is 9.79 Å². The summed E-state index contributed by atoms with van der Waals surface area (Å²) in [6.07, 6.45) is 0. The molecule has 0 unspecified atom stereocenters. The highest BCUT2D eigenvalue weighted by molar-refractivity contribution is 8.13. The van der Waals surface area contributed by atoms with Crippen LogP contribution in [0.3, 0.4) is 0 Å².